The van der Waals surface area contributed by atoms with Crippen molar-refractivity contribution in [3.05, 3.63) is 59.6 Å². The molecule has 1 saturated heterocycles. The quantitative estimate of drug-likeness (QED) is 0.342. The molecule has 5 rings (SSSR count). The van der Waals surface area contributed by atoms with Crippen LogP contribution in [0.2, 0.25) is 0 Å². The zero-order chi connectivity index (χ0) is 21.4. The summed E-state index contributed by atoms with van der Waals surface area (Å²) in [5.41, 5.74) is 2.61. The summed E-state index contributed by atoms with van der Waals surface area (Å²) in [6, 6.07) is 12.7. The van der Waals surface area contributed by atoms with Gasteiger partial charge in [-0.1, -0.05) is 6.07 Å². The maximum Gasteiger partial charge on any atom is 0.344 e. The summed E-state index contributed by atoms with van der Waals surface area (Å²) in [7, 11) is 0. The highest BCUT2D eigenvalue weighted by molar-refractivity contribution is 7.13. The van der Waals surface area contributed by atoms with Gasteiger partial charge in [0, 0.05) is 25.2 Å². The lowest BCUT2D eigenvalue weighted by Crippen LogP contribution is -2.23. The van der Waals surface area contributed by atoms with Crippen molar-refractivity contribution in [2.45, 2.75) is 26.3 Å². The minimum absolute atomic E-state index is 0.123. The van der Waals surface area contributed by atoms with E-state index in [1.807, 2.05) is 24.4 Å². The largest absolute Gasteiger partial charge is 0.423 e. The fourth-order valence-electron chi connectivity index (χ4n) is 3.78. The molecule has 8 heteroatoms. The fraction of sp³-hybridized carbons (Fsp3) is 0.217. The number of aromatic nitrogens is 3. The first-order valence-corrected chi connectivity index (χ1v) is 11.0. The molecule has 7 nitrogen and oxygen atoms in total. The lowest BCUT2D eigenvalue weighted by molar-refractivity contribution is -0.117. The van der Waals surface area contributed by atoms with E-state index in [1.165, 1.54) is 0 Å². The van der Waals surface area contributed by atoms with Crippen molar-refractivity contribution in [2.75, 3.05) is 11.4 Å². The molecule has 4 aromatic rings. The average molecular weight is 433 g/mol. The van der Waals surface area contributed by atoms with Crippen LogP contribution < -0.4 is 9.64 Å². The number of anilines is 1. The van der Waals surface area contributed by atoms with Crippen LogP contribution in [0, 0.1) is 0 Å². The van der Waals surface area contributed by atoms with Crippen molar-refractivity contribution in [1.29, 1.82) is 0 Å². The molecule has 0 atom stereocenters. The first-order valence-electron chi connectivity index (χ1n) is 10.2. The van der Waals surface area contributed by atoms with Crippen LogP contribution in [-0.4, -0.2) is 33.2 Å². The second kappa shape index (κ2) is 7.96. The lowest BCUT2D eigenvalue weighted by Gasteiger charge is -2.15. The van der Waals surface area contributed by atoms with Gasteiger partial charge in [0.2, 0.25) is 5.91 Å². The van der Waals surface area contributed by atoms with E-state index in [0.29, 0.717) is 41.0 Å². The number of nitrogens with zero attached hydrogens (tertiary/aromatic N) is 4. The van der Waals surface area contributed by atoms with Crippen LogP contribution in [0.4, 0.5) is 5.69 Å². The van der Waals surface area contributed by atoms with Crippen LogP contribution in [-0.2, 0) is 11.3 Å². The number of fused-ring (bicyclic) bond motifs is 1. The van der Waals surface area contributed by atoms with E-state index in [9.17, 15) is 9.59 Å². The Morgan fingerprint density at radius 2 is 2.06 bits per heavy atom. The number of pyridine rings is 1. The zero-order valence-electron chi connectivity index (χ0n) is 16.9. The average Bonchev–Trinajstić information content (AvgIpc) is 3.54. The highest BCUT2D eigenvalue weighted by Gasteiger charge is 2.22. The Kier molecular flexibility index (Phi) is 4.99. The number of rotatable bonds is 5. The smallest absolute Gasteiger partial charge is 0.344 e. The highest BCUT2D eigenvalue weighted by atomic mass is 32.1. The molecule has 1 aliphatic rings. The predicted octanol–water partition coefficient (Wildman–Crippen LogP) is 4.53. The van der Waals surface area contributed by atoms with E-state index in [0.717, 1.165) is 23.5 Å². The summed E-state index contributed by atoms with van der Waals surface area (Å²) >= 11 is 1.56. The molecule has 1 amide bonds. The maximum absolute atomic E-state index is 13.1. The molecule has 31 heavy (non-hydrogen) atoms. The van der Waals surface area contributed by atoms with Crippen molar-refractivity contribution in [3.63, 3.8) is 0 Å². The summed E-state index contributed by atoms with van der Waals surface area (Å²) in [4.78, 5) is 32.5. The van der Waals surface area contributed by atoms with Crippen molar-refractivity contribution in [3.8, 4) is 16.3 Å². The second-order valence-corrected chi connectivity index (χ2v) is 8.21. The van der Waals surface area contributed by atoms with Gasteiger partial charge in [0.25, 0.3) is 0 Å². The number of benzene rings is 1. The normalized spacial score (nSPS) is 13.8. The molecule has 156 valence electrons. The molecule has 3 aromatic heterocycles. The summed E-state index contributed by atoms with van der Waals surface area (Å²) < 4.78 is 7.43. The molecule has 0 N–H and O–H groups in total. The Morgan fingerprint density at radius 3 is 2.74 bits per heavy atom. The van der Waals surface area contributed by atoms with E-state index in [4.69, 9.17) is 9.72 Å². The van der Waals surface area contributed by atoms with Gasteiger partial charge < -0.3 is 9.64 Å². The van der Waals surface area contributed by atoms with Gasteiger partial charge in [0.1, 0.15) is 5.75 Å². The molecule has 0 spiro atoms. The number of carbonyl (C=O) groups excluding carboxylic acids is 2. The van der Waals surface area contributed by atoms with Crippen molar-refractivity contribution in [2.24, 2.45) is 0 Å². The molecule has 1 fully saturated rings. The van der Waals surface area contributed by atoms with Gasteiger partial charge in [-0.2, -0.15) is 5.10 Å². The monoisotopic (exact) mass is 432 g/mol. The summed E-state index contributed by atoms with van der Waals surface area (Å²) in [5.74, 6) is 0.0785. The van der Waals surface area contributed by atoms with Gasteiger partial charge in [-0.3, -0.25) is 4.79 Å². The van der Waals surface area contributed by atoms with Gasteiger partial charge in [-0.05, 0) is 55.1 Å². The van der Waals surface area contributed by atoms with Crippen LogP contribution in [0.3, 0.4) is 0 Å². The van der Waals surface area contributed by atoms with Crippen molar-refractivity contribution in [1.82, 2.24) is 14.8 Å². The number of esters is 1. The van der Waals surface area contributed by atoms with E-state index in [1.54, 1.807) is 57.4 Å². The molecule has 0 aliphatic carbocycles. The Morgan fingerprint density at radius 1 is 1.23 bits per heavy atom. The van der Waals surface area contributed by atoms with Gasteiger partial charge in [0.05, 0.1) is 27.7 Å². The predicted molar refractivity (Wildman–Crippen MR) is 120 cm³/mol. The molecular weight excluding hydrogens is 412 g/mol. The standard InChI is InChI=1S/C23H20N4O3S/c1-2-27-22-18(14-24-27)17(13-19(25-22)20-5-4-12-31-20)23(29)30-16-9-7-15(8-10-16)26-11-3-6-21(26)28/h4-5,7-10,12-14H,2-3,6,11H2,1H3. The third-order valence-corrected chi connectivity index (χ3v) is 6.23. The summed E-state index contributed by atoms with van der Waals surface area (Å²) in [5, 5.41) is 7.00. The van der Waals surface area contributed by atoms with Gasteiger partial charge >= 0.3 is 5.97 Å². The molecular formula is C23H20N4O3S. The lowest BCUT2D eigenvalue weighted by atomic mass is 10.1. The van der Waals surface area contributed by atoms with Crippen LogP contribution in [0.25, 0.3) is 21.6 Å². The number of ether oxygens (including phenoxy) is 1. The minimum Gasteiger partial charge on any atom is -0.423 e. The highest BCUT2D eigenvalue weighted by Crippen LogP contribution is 2.29. The second-order valence-electron chi connectivity index (χ2n) is 7.26. The molecule has 0 radical (unpaired) electrons. The topological polar surface area (TPSA) is 77.3 Å². The SMILES string of the molecule is CCn1ncc2c(C(=O)Oc3ccc(N4CCCC4=O)cc3)cc(-c3cccs3)nc21. The third-order valence-electron chi connectivity index (χ3n) is 5.33. The Bertz CT molecular complexity index is 1260. The third kappa shape index (κ3) is 3.59. The van der Waals surface area contributed by atoms with E-state index in [2.05, 4.69) is 5.10 Å². The van der Waals surface area contributed by atoms with Crippen LogP contribution in [0.1, 0.15) is 30.1 Å². The number of hydrogen-bond acceptors (Lipinski definition) is 6. The number of carbonyl (C=O) groups is 2. The van der Waals surface area contributed by atoms with E-state index in [-0.39, 0.29) is 5.91 Å². The Labute approximate surface area is 182 Å². The Balaban J connectivity index is 1.46. The molecule has 0 saturated carbocycles. The number of aryl methyl sites for hydroxylation is 1. The maximum atomic E-state index is 13.1. The van der Waals surface area contributed by atoms with Gasteiger partial charge in [-0.25, -0.2) is 14.5 Å². The number of amides is 1. The first-order chi connectivity index (χ1) is 15.1. The fourth-order valence-corrected chi connectivity index (χ4v) is 4.46. The van der Waals surface area contributed by atoms with Crippen LogP contribution in [0.15, 0.2) is 54.0 Å². The summed E-state index contributed by atoms with van der Waals surface area (Å²) in [6.45, 7) is 3.35. The number of thiophene rings is 1. The molecule has 0 unspecified atom stereocenters. The summed E-state index contributed by atoms with van der Waals surface area (Å²) in [6.07, 6.45) is 3.10. The van der Waals surface area contributed by atoms with Crippen LogP contribution >= 0.6 is 11.3 Å². The molecule has 1 aliphatic heterocycles. The van der Waals surface area contributed by atoms with Gasteiger partial charge in [-0.15, -0.1) is 11.3 Å². The number of hydrogen-bond donors (Lipinski definition) is 0. The molecule has 0 bridgehead atoms. The van der Waals surface area contributed by atoms with Crippen molar-refractivity contribution < 1.29 is 14.3 Å². The van der Waals surface area contributed by atoms with Crippen LogP contribution in [0.5, 0.6) is 5.75 Å². The zero-order valence-corrected chi connectivity index (χ0v) is 17.8. The van der Waals surface area contributed by atoms with E-state index >= 15 is 0 Å². The van der Waals surface area contributed by atoms with E-state index < -0.39 is 5.97 Å². The van der Waals surface area contributed by atoms with Crippen molar-refractivity contribution >= 4 is 39.9 Å². The molecule has 1 aromatic carbocycles. The Hall–Kier alpha value is -3.52. The molecule has 4 heterocycles. The van der Waals surface area contributed by atoms with Gasteiger partial charge in [0.15, 0.2) is 5.65 Å². The minimum atomic E-state index is -0.467. The first kappa shape index (κ1) is 19.4.